The van der Waals surface area contributed by atoms with Crippen molar-refractivity contribution in [3.63, 3.8) is 0 Å². The molecule has 0 radical (unpaired) electrons. The Kier molecular flexibility index (Phi) is 4.26. The van der Waals surface area contributed by atoms with Crippen LogP contribution in [0.15, 0.2) is 48.0 Å². The molecule has 1 saturated carbocycles. The largest absolute Gasteiger partial charge is 0.507 e. The summed E-state index contributed by atoms with van der Waals surface area (Å²) < 4.78 is 13.1. The Labute approximate surface area is 238 Å². The van der Waals surface area contributed by atoms with Crippen molar-refractivity contribution in [2.45, 2.75) is 55.7 Å². The zero-order valence-corrected chi connectivity index (χ0v) is 22.6. The van der Waals surface area contributed by atoms with Gasteiger partial charge in [0.05, 0.1) is 28.4 Å². The summed E-state index contributed by atoms with van der Waals surface area (Å²) in [5.41, 5.74) is -6.86. The first-order valence-electron chi connectivity index (χ1n) is 13.5. The maximum Gasteiger partial charge on any atom is 0.255 e. The second-order valence-electron chi connectivity index (χ2n) is 12.0. The lowest BCUT2D eigenvalue weighted by atomic mass is 9.46. The second-order valence-corrected chi connectivity index (χ2v) is 12.0. The molecule has 10 nitrogen and oxygen atoms in total. The van der Waals surface area contributed by atoms with E-state index in [0.29, 0.717) is 5.56 Å². The lowest BCUT2D eigenvalue weighted by molar-refractivity contribution is -0.199. The molecule has 1 saturated heterocycles. The van der Waals surface area contributed by atoms with Crippen LogP contribution in [0.5, 0.6) is 17.2 Å². The van der Waals surface area contributed by atoms with E-state index in [4.69, 9.17) is 9.47 Å². The Balaban J connectivity index is 1.55. The number of fused-ring (bicyclic) bond motifs is 5. The van der Waals surface area contributed by atoms with Gasteiger partial charge in [-0.3, -0.25) is 14.4 Å². The monoisotopic (exact) mass is 568 g/mol. The molecule has 0 amide bonds. The zero-order valence-electron chi connectivity index (χ0n) is 22.6. The van der Waals surface area contributed by atoms with E-state index >= 15 is 0 Å². The number of rotatable bonds is 0. The molecule has 10 heteroatoms. The van der Waals surface area contributed by atoms with Gasteiger partial charge in [-0.15, -0.1) is 0 Å². The summed E-state index contributed by atoms with van der Waals surface area (Å²) in [5.74, 6) is -5.76. The smallest absolute Gasteiger partial charge is 0.255 e. The van der Waals surface area contributed by atoms with Crippen LogP contribution >= 0.6 is 0 Å². The first-order valence-corrected chi connectivity index (χ1v) is 13.5. The Hall–Kier alpha value is -4.51. The standard InChI is InChI=1S/C32H24O10/c1-12-9-15-21(19(34)10-12)26(37)22-14(25(15)36)7-8-17-28(22)42-32-16-5-4-6-18(33)23(16)27(38)24-20(35)11-29(3,39)31(40,13(2)41-32)30(17,24)32/h4-10,13,33-34,38-40H,11H2,1-3H3. The summed E-state index contributed by atoms with van der Waals surface area (Å²) in [6.07, 6.45) is -1.79. The molecule has 42 heavy (non-hydrogen) atoms. The van der Waals surface area contributed by atoms with Crippen molar-refractivity contribution in [1.82, 2.24) is 0 Å². The van der Waals surface area contributed by atoms with Crippen LogP contribution in [0.4, 0.5) is 0 Å². The van der Waals surface area contributed by atoms with Crippen LogP contribution < -0.4 is 4.74 Å². The van der Waals surface area contributed by atoms with E-state index in [2.05, 4.69) is 0 Å². The Bertz CT molecular complexity index is 1940. The van der Waals surface area contributed by atoms with Gasteiger partial charge in [-0.05, 0) is 50.6 Å². The fourth-order valence-electron chi connectivity index (χ4n) is 8.35. The molecule has 5 N–H and O–H groups in total. The first kappa shape index (κ1) is 25.2. The average Bonchev–Trinajstić information content (AvgIpc) is 3.31. The number of aliphatic hydroxyl groups is 3. The van der Waals surface area contributed by atoms with E-state index < -0.39 is 63.8 Å². The third-order valence-electron chi connectivity index (χ3n) is 9.86. The van der Waals surface area contributed by atoms with Gasteiger partial charge in [0.15, 0.2) is 11.6 Å². The SMILES string of the molecule is Cc1cc(O)c2c(c1)C(=O)c1ccc3c(c1C2=O)OC12OC(C)C4(O)C(C)(O)CC(=O)C(=C(O)c5c(O)cccc51)C324. The van der Waals surface area contributed by atoms with Gasteiger partial charge in [0.2, 0.25) is 5.78 Å². The van der Waals surface area contributed by atoms with E-state index in [0.717, 1.165) is 0 Å². The molecule has 2 heterocycles. The molecule has 5 atom stereocenters. The number of phenols is 2. The zero-order chi connectivity index (χ0) is 29.9. The quantitative estimate of drug-likeness (QED) is 0.212. The highest BCUT2D eigenvalue weighted by Crippen LogP contribution is 2.76. The molecule has 2 aliphatic heterocycles. The molecule has 212 valence electrons. The van der Waals surface area contributed by atoms with Crippen molar-refractivity contribution in [3.8, 4) is 17.2 Å². The first-order chi connectivity index (χ1) is 19.7. The molecule has 0 bridgehead atoms. The molecular weight excluding hydrogens is 544 g/mol. The van der Waals surface area contributed by atoms with Crippen LogP contribution in [-0.4, -0.2) is 60.2 Å². The van der Waals surface area contributed by atoms with Gasteiger partial charge in [-0.25, -0.2) is 0 Å². The minimum Gasteiger partial charge on any atom is -0.507 e. The summed E-state index contributed by atoms with van der Waals surface area (Å²) in [6, 6.07) is 9.95. The lowest BCUT2D eigenvalue weighted by Gasteiger charge is -2.56. The van der Waals surface area contributed by atoms with Gasteiger partial charge in [-0.1, -0.05) is 18.2 Å². The number of Topliss-reactive ketones (excluding diaryl/α,β-unsaturated/α-hetero) is 1. The lowest BCUT2D eigenvalue weighted by Crippen LogP contribution is -2.74. The van der Waals surface area contributed by atoms with Crippen molar-refractivity contribution in [3.05, 3.63) is 92.5 Å². The average molecular weight is 569 g/mol. The molecule has 3 aromatic rings. The number of aryl methyl sites for hydroxylation is 1. The second kappa shape index (κ2) is 7.09. The van der Waals surface area contributed by atoms with E-state index in [1.54, 1.807) is 6.92 Å². The number of ether oxygens (including phenoxy) is 2. The predicted octanol–water partition coefficient (Wildman–Crippen LogP) is 2.82. The topological polar surface area (TPSA) is 171 Å². The number of hydrogen-bond acceptors (Lipinski definition) is 10. The number of carbonyl (C=O) groups is 3. The van der Waals surface area contributed by atoms with Crippen molar-refractivity contribution < 1.29 is 49.4 Å². The number of aromatic hydroxyl groups is 2. The molecule has 5 aliphatic rings. The number of phenolic OH excluding ortho intramolecular Hbond substituents is 2. The van der Waals surface area contributed by atoms with Crippen molar-refractivity contribution >= 4 is 23.1 Å². The van der Waals surface area contributed by atoms with Gasteiger partial charge >= 0.3 is 0 Å². The molecule has 2 fully saturated rings. The van der Waals surface area contributed by atoms with E-state index in [9.17, 15) is 39.9 Å². The Morgan fingerprint density at radius 1 is 0.857 bits per heavy atom. The summed E-state index contributed by atoms with van der Waals surface area (Å²) >= 11 is 0. The third-order valence-corrected chi connectivity index (χ3v) is 9.86. The summed E-state index contributed by atoms with van der Waals surface area (Å²) in [4.78, 5) is 41.7. The molecule has 5 unspecified atom stereocenters. The highest BCUT2D eigenvalue weighted by atomic mass is 16.7. The van der Waals surface area contributed by atoms with Crippen LogP contribution in [0, 0.1) is 6.92 Å². The minimum atomic E-state index is -2.32. The van der Waals surface area contributed by atoms with Crippen molar-refractivity contribution in [2.75, 3.05) is 0 Å². The Morgan fingerprint density at radius 2 is 1.60 bits per heavy atom. The van der Waals surface area contributed by atoms with Gasteiger partial charge in [0.25, 0.3) is 5.79 Å². The van der Waals surface area contributed by atoms with Crippen LogP contribution in [0.25, 0.3) is 5.76 Å². The van der Waals surface area contributed by atoms with Crippen molar-refractivity contribution in [1.29, 1.82) is 0 Å². The summed E-state index contributed by atoms with van der Waals surface area (Å²) in [6.45, 7) is 4.47. The van der Waals surface area contributed by atoms with Gasteiger partial charge in [-0.2, -0.15) is 0 Å². The molecule has 1 spiro atoms. The highest BCUT2D eigenvalue weighted by Gasteiger charge is 2.88. The van der Waals surface area contributed by atoms with Gasteiger partial charge < -0.3 is 35.0 Å². The predicted molar refractivity (Wildman–Crippen MR) is 144 cm³/mol. The Morgan fingerprint density at radius 3 is 2.33 bits per heavy atom. The molecule has 0 aromatic heterocycles. The third kappa shape index (κ3) is 2.27. The number of ketones is 3. The number of aliphatic hydroxyl groups excluding tert-OH is 1. The van der Waals surface area contributed by atoms with Crippen LogP contribution in [0.3, 0.4) is 0 Å². The van der Waals surface area contributed by atoms with E-state index in [1.807, 2.05) is 0 Å². The van der Waals surface area contributed by atoms with Crippen LogP contribution in [0.1, 0.15) is 74.4 Å². The number of benzene rings is 3. The van der Waals surface area contributed by atoms with Crippen LogP contribution in [-0.2, 0) is 20.7 Å². The highest BCUT2D eigenvalue weighted by molar-refractivity contribution is 6.30. The molecule has 3 aromatic carbocycles. The van der Waals surface area contributed by atoms with Gasteiger partial charge in [0.1, 0.15) is 39.6 Å². The van der Waals surface area contributed by atoms with Crippen LogP contribution in [0.2, 0.25) is 0 Å². The van der Waals surface area contributed by atoms with Gasteiger partial charge in [0, 0.05) is 28.7 Å². The summed E-state index contributed by atoms with van der Waals surface area (Å²) in [7, 11) is 0. The maximum atomic E-state index is 14.1. The minimum absolute atomic E-state index is 0.0194. The van der Waals surface area contributed by atoms with Crippen molar-refractivity contribution in [2.24, 2.45) is 0 Å². The summed E-state index contributed by atoms with van der Waals surface area (Å²) in [5, 5.41) is 57.7. The molecular formula is C32H24O10. The van der Waals surface area contributed by atoms with E-state index in [1.165, 1.54) is 56.3 Å². The fourth-order valence-corrected chi connectivity index (χ4v) is 8.35. The maximum absolute atomic E-state index is 14.1. The van der Waals surface area contributed by atoms with E-state index in [-0.39, 0.29) is 56.0 Å². The molecule has 3 aliphatic carbocycles. The number of hydrogen-bond donors (Lipinski definition) is 5. The fraction of sp³-hybridized carbons (Fsp3) is 0.281. The normalized spacial score (nSPS) is 33.4. The molecule has 8 rings (SSSR count). The number of carbonyl (C=O) groups excluding carboxylic acids is 3.